The predicted octanol–water partition coefficient (Wildman–Crippen LogP) is 3.14. The Labute approximate surface area is 130 Å². The van der Waals surface area contributed by atoms with Gasteiger partial charge in [0.25, 0.3) is 5.91 Å². The van der Waals surface area contributed by atoms with E-state index in [1.54, 1.807) is 13.8 Å². The molecule has 1 rings (SSSR count). The molecule has 0 aliphatic heterocycles. The second kappa shape index (κ2) is 8.07. The maximum absolute atomic E-state index is 13.8. The van der Waals surface area contributed by atoms with Crippen LogP contribution in [0.3, 0.4) is 0 Å². The van der Waals surface area contributed by atoms with Gasteiger partial charge in [0.1, 0.15) is 23.7 Å². The van der Waals surface area contributed by atoms with E-state index in [4.69, 9.17) is 4.74 Å². The first-order valence-electron chi connectivity index (χ1n) is 6.50. The minimum atomic E-state index is -0.975. The van der Waals surface area contributed by atoms with E-state index in [1.165, 1.54) is 0 Å². The lowest BCUT2D eigenvalue weighted by molar-refractivity contribution is -0.143. The van der Waals surface area contributed by atoms with E-state index in [2.05, 4.69) is 15.9 Å². The molecule has 1 aromatic carbocycles. The van der Waals surface area contributed by atoms with E-state index in [0.717, 1.165) is 17.0 Å². The van der Waals surface area contributed by atoms with Gasteiger partial charge in [-0.05, 0) is 25.5 Å². The zero-order valence-electron chi connectivity index (χ0n) is 11.8. The van der Waals surface area contributed by atoms with Crippen molar-refractivity contribution in [2.75, 3.05) is 19.7 Å². The lowest BCUT2D eigenvalue weighted by Gasteiger charge is -2.21. The summed E-state index contributed by atoms with van der Waals surface area (Å²) in [5, 5.41) is 0. The zero-order valence-corrected chi connectivity index (χ0v) is 13.4. The van der Waals surface area contributed by atoms with Crippen molar-refractivity contribution in [3.8, 4) is 0 Å². The Hall–Kier alpha value is -1.50. The van der Waals surface area contributed by atoms with E-state index in [9.17, 15) is 18.4 Å². The summed E-state index contributed by atoms with van der Waals surface area (Å²) in [6, 6.07) is 2.01. The SMILES string of the molecule is CCCN(CC(=O)OCC)C(=O)c1c(F)cc(Br)cc1F. The van der Waals surface area contributed by atoms with Gasteiger partial charge >= 0.3 is 5.97 Å². The molecule has 0 bridgehead atoms. The molecular weight excluding hydrogens is 348 g/mol. The van der Waals surface area contributed by atoms with Crippen molar-refractivity contribution >= 4 is 27.8 Å². The van der Waals surface area contributed by atoms with Crippen LogP contribution < -0.4 is 0 Å². The van der Waals surface area contributed by atoms with Crippen LogP contribution in [0, 0.1) is 11.6 Å². The van der Waals surface area contributed by atoms with Crippen LogP contribution in [0.4, 0.5) is 8.78 Å². The average Bonchev–Trinajstić information content (AvgIpc) is 2.37. The van der Waals surface area contributed by atoms with Gasteiger partial charge in [-0.15, -0.1) is 0 Å². The fourth-order valence-corrected chi connectivity index (χ4v) is 2.19. The summed E-state index contributed by atoms with van der Waals surface area (Å²) in [5.74, 6) is -3.43. The number of carbonyl (C=O) groups is 2. The smallest absolute Gasteiger partial charge is 0.325 e. The Morgan fingerprint density at radius 2 is 1.81 bits per heavy atom. The monoisotopic (exact) mass is 363 g/mol. The maximum atomic E-state index is 13.8. The summed E-state index contributed by atoms with van der Waals surface area (Å²) in [6.07, 6.45) is 0.547. The highest BCUT2D eigenvalue weighted by molar-refractivity contribution is 9.10. The minimum Gasteiger partial charge on any atom is -0.465 e. The number of hydrogen-bond donors (Lipinski definition) is 0. The molecule has 0 fully saturated rings. The molecule has 21 heavy (non-hydrogen) atoms. The van der Waals surface area contributed by atoms with Gasteiger partial charge in [-0.3, -0.25) is 9.59 Å². The first-order valence-corrected chi connectivity index (χ1v) is 7.29. The zero-order chi connectivity index (χ0) is 16.0. The Bertz CT molecular complexity index is 514. The van der Waals surface area contributed by atoms with Crippen molar-refractivity contribution in [2.45, 2.75) is 20.3 Å². The second-order valence-electron chi connectivity index (χ2n) is 4.28. The average molecular weight is 364 g/mol. The Morgan fingerprint density at radius 3 is 2.29 bits per heavy atom. The molecule has 0 heterocycles. The molecule has 0 spiro atoms. The van der Waals surface area contributed by atoms with Gasteiger partial charge in [0, 0.05) is 11.0 Å². The molecule has 0 N–H and O–H groups in total. The second-order valence-corrected chi connectivity index (χ2v) is 5.19. The number of rotatable bonds is 6. The lowest BCUT2D eigenvalue weighted by atomic mass is 10.1. The molecule has 7 heteroatoms. The van der Waals surface area contributed by atoms with Crippen LogP contribution >= 0.6 is 15.9 Å². The molecular formula is C14H16BrF2NO3. The standard InChI is InChI=1S/C14H16BrF2NO3/c1-3-5-18(8-12(19)21-4-2)14(20)13-10(16)6-9(15)7-11(13)17/h6-7H,3-5,8H2,1-2H3. The molecule has 0 saturated heterocycles. The maximum Gasteiger partial charge on any atom is 0.325 e. The van der Waals surface area contributed by atoms with Crippen LogP contribution in [0.15, 0.2) is 16.6 Å². The Balaban J connectivity index is 3.03. The quantitative estimate of drug-likeness (QED) is 0.729. The molecule has 0 saturated carbocycles. The highest BCUT2D eigenvalue weighted by Gasteiger charge is 2.25. The van der Waals surface area contributed by atoms with Crippen LogP contribution in [0.2, 0.25) is 0 Å². The van der Waals surface area contributed by atoms with E-state index in [-0.39, 0.29) is 24.2 Å². The third-order valence-electron chi connectivity index (χ3n) is 2.63. The number of hydrogen-bond acceptors (Lipinski definition) is 3. The summed E-state index contributed by atoms with van der Waals surface area (Å²) in [7, 11) is 0. The normalized spacial score (nSPS) is 10.3. The molecule has 0 aliphatic carbocycles. The molecule has 0 atom stereocenters. The fraction of sp³-hybridized carbons (Fsp3) is 0.429. The van der Waals surface area contributed by atoms with Crippen LogP contribution in [0.1, 0.15) is 30.6 Å². The van der Waals surface area contributed by atoms with E-state index >= 15 is 0 Å². The van der Waals surface area contributed by atoms with Crippen molar-refractivity contribution in [1.29, 1.82) is 0 Å². The minimum absolute atomic E-state index is 0.175. The van der Waals surface area contributed by atoms with Crippen LogP contribution in [-0.2, 0) is 9.53 Å². The van der Waals surface area contributed by atoms with Gasteiger partial charge < -0.3 is 9.64 Å². The van der Waals surface area contributed by atoms with Crippen molar-refractivity contribution < 1.29 is 23.1 Å². The van der Waals surface area contributed by atoms with Crippen LogP contribution in [-0.4, -0.2) is 36.5 Å². The van der Waals surface area contributed by atoms with Gasteiger partial charge in [-0.2, -0.15) is 0 Å². The molecule has 0 radical (unpaired) electrons. The summed E-state index contributed by atoms with van der Waals surface area (Å²) >= 11 is 2.95. The Morgan fingerprint density at radius 1 is 1.24 bits per heavy atom. The third kappa shape index (κ3) is 4.77. The topological polar surface area (TPSA) is 46.6 Å². The van der Waals surface area contributed by atoms with E-state index in [1.807, 2.05) is 0 Å². The van der Waals surface area contributed by atoms with Gasteiger partial charge in [-0.25, -0.2) is 8.78 Å². The Kier molecular flexibility index (Phi) is 6.74. The van der Waals surface area contributed by atoms with Gasteiger partial charge in [0.15, 0.2) is 0 Å². The van der Waals surface area contributed by atoms with Crippen molar-refractivity contribution in [1.82, 2.24) is 4.90 Å². The van der Waals surface area contributed by atoms with Gasteiger partial charge in [-0.1, -0.05) is 22.9 Å². The summed E-state index contributed by atoms with van der Waals surface area (Å²) in [4.78, 5) is 24.8. The molecule has 4 nitrogen and oxygen atoms in total. The molecule has 116 valence electrons. The summed E-state index contributed by atoms with van der Waals surface area (Å²) < 4.78 is 32.6. The number of ether oxygens (including phenoxy) is 1. The number of esters is 1. The van der Waals surface area contributed by atoms with Gasteiger partial charge in [0.05, 0.1) is 6.61 Å². The predicted molar refractivity (Wildman–Crippen MR) is 76.9 cm³/mol. The number of nitrogens with zero attached hydrogens (tertiary/aromatic N) is 1. The third-order valence-corrected chi connectivity index (χ3v) is 3.08. The highest BCUT2D eigenvalue weighted by atomic mass is 79.9. The molecule has 0 aromatic heterocycles. The first-order chi connectivity index (χ1) is 9.90. The molecule has 0 unspecified atom stereocenters. The largest absolute Gasteiger partial charge is 0.465 e. The summed E-state index contributed by atoms with van der Waals surface area (Å²) in [5.41, 5.74) is -0.670. The van der Waals surface area contributed by atoms with E-state index < -0.39 is 29.1 Å². The molecule has 1 aromatic rings. The van der Waals surface area contributed by atoms with Crippen molar-refractivity contribution in [3.63, 3.8) is 0 Å². The lowest BCUT2D eigenvalue weighted by Crippen LogP contribution is -2.38. The number of amides is 1. The number of benzene rings is 1. The summed E-state index contributed by atoms with van der Waals surface area (Å²) in [6.45, 7) is 3.47. The van der Waals surface area contributed by atoms with Crippen molar-refractivity contribution in [3.05, 3.63) is 33.8 Å². The first kappa shape index (κ1) is 17.6. The van der Waals surface area contributed by atoms with Gasteiger partial charge in [0.2, 0.25) is 0 Å². The highest BCUT2D eigenvalue weighted by Crippen LogP contribution is 2.21. The fourth-order valence-electron chi connectivity index (χ4n) is 1.79. The van der Waals surface area contributed by atoms with E-state index in [0.29, 0.717) is 6.42 Å². The number of halogens is 3. The van der Waals surface area contributed by atoms with Crippen LogP contribution in [0.5, 0.6) is 0 Å². The molecule has 0 aliphatic rings. The van der Waals surface area contributed by atoms with Crippen molar-refractivity contribution in [2.24, 2.45) is 0 Å². The number of carbonyl (C=O) groups excluding carboxylic acids is 2. The van der Waals surface area contributed by atoms with Crippen LogP contribution in [0.25, 0.3) is 0 Å². The molecule has 1 amide bonds.